The first-order chi connectivity index (χ1) is 12.6. The highest BCUT2D eigenvalue weighted by atomic mass is 79.9. The molecule has 2 saturated heterocycles. The summed E-state index contributed by atoms with van der Waals surface area (Å²) in [6.07, 6.45) is 2.92. The van der Waals surface area contributed by atoms with Gasteiger partial charge in [-0.05, 0) is 47.1 Å². The molecule has 0 aliphatic carbocycles. The van der Waals surface area contributed by atoms with Crippen LogP contribution in [0.5, 0.6) is 11.5 Å². The average Bonchev–Trinajstić information content (AvgIpc) is 2.53. The largest absolute Gasteiger partial charge is 0.451 e. The third kappa shape index (κ3) is 2.95. The van der Waals surface area contributed by atoms with Crippen LogP contribution < -0.4 is 9.64 Å². The Kier molecular flexibility index (Phi) is 4.23. The van der Waals surface area contributed by atoms with E-state index in [0.29, 0.717) is 5.41 Å². The van der Waals surface area contributed by atoms with Crippen LogP contribution in [0, 0.1) is 5.41 Å². The van der Waals surface area contributed by atoms with Crippen LogP contribution in [-0.4, -0.2) is 49.3 Å². The number of likely N-dealkylation sites (tertiary alicyclic amines) is 1. The number of fused-ring (bicyclic) bond motifs is 2. The lowest BCUT2D eigenvalue weighted by molar-refractivity contribution is -0.188. The van der Waals surface area contributed by atoms with Crippen molar-refractivity contribution >= 4 is 43.4 Å². The zero-order valence-corrected chi connectivity index (χ0v) is 17.4. The first-order valence-corrected chi connectivity index (χ1v) is 10.4. The Morgan fingerprint density at radius 2 is 1.85 bits per heavy atom. The molecule has 136 valence electrons. The molecule has 1 aromatic heterocycles. The van der Waals surface area contributed by atoms with Crippen molar-refractivity contribution in [1.29, 1.82) is 0 Å². The molecule has 3 aliphatic heterocycles. The maximum atomic E-state index is 6.09. The standard InChI is InChI=1S/C19H19Br2N3O2/c20-13-2-3-15-16(6-13)26-17-7-14(21)8-22-18(17)24(15)5-1-4-23-9-19(10-23)11-25-12-19/h2-3,6-8H,1,4-5,9-12H2. The van der Waals surface area contributed by atoms with E-state index in [2.05, 4.69) is 58.8 Å². The summed E-state index contributed by atoms with van der Waals surface area (Å²) in [5.74, 6) is 2.54. The smallest absolute Gasteiger partial charge is 0.176 e. The van der Waals surface area contributed by atoms with Gasteiger partial charge in [-0.3, -0.25) is 0 Å². The highest BCUT2D eigenvalue weighted by Crippen LogP contribution is 2.47. The number of anilines is 2. The minimum atomic E-state index is 0.484. The quantitative estimate of drug-likeness (QED) is 0.640. The normalized spacial score (nSPS) is 20.0. The van der Waals surface area contributed by atoms with Gasteiger partial charge in [-0.25, -0.2) is 4.98 Å². The molecule has 0 unspecified atom stereocenters. The summed E-state index contributed by atoms with van der Waals surface area (Å²) < 4.78 is 13.4. The van der Waals surface area contributed by atoms with Crippen LogP contribution in [0.3, 0.4) is 0 Å². The molecule has 0 radical (unpaired) electrons. The number of halogens is 2. The summed E-state index contributed by atoms with van der Waals surface area (Å²) >= 11 is 7.03. The van der Waals surface area contributed by atoms with E-state index in [0.717, 1.165) is 64.7 Å². The molecule has 5 rings (SSSR count). The van der Waals surface area contributed by atoms with Gasteiger partial charge >= 0.3 is 0 Å². The molecule has 2 aromatic rings. The topological polar surface area (TPSA) is 37.8 Å². The molecular weight excluding hydrogens is 462 g/mol. The number of hydrogen-bond donors (Lipinski definition) is 0. The van der Waals surface area contributed by atoms with Crippen molar-refractivity contribution in [3.05, 3.63) is 39.4 Å². The molecule has 1 spiro atoms. The highest BCUT2D eigenvalue weighted by molar-refractivity contribution is 9.10. The molecule has 1 aromatic carbocycles. The average molecular weight is 481 g/mol. The van der Waals surface area contributed by atoms with Gasteiger partial charge in [0.25, 0.3) is 0 Å². The van der Waals surface area contributed by atoms with Gasteiger partial charge in [0.1, 0.15) is 0 Å². The molecule has 3 aliphatic rings. The van der Waals surface area contributed by atoms with Crippen molar-refractivity contribution < 1.29 is 9.47 Å². The molecule has 5 nitrogen and oxygen atoms in total. The van der Waals surface area contributed by atoms with Gasteiger partial charge in [0.15, 0.2) is 17.3 Å². The number of pyridine rings is 1. The van der Waals surface area contributed by atoms with Crippen LogP contribution in [0.4, 0.5) is 11.5 Å². The number of rotatable bonds is 4. The van der Waals surface area contributed by atoms with Crippen molar-refractivity contribution in [2.75, 3.05) is 44.3 Å². The Labute approximate surface area is 169 Å². The predicted molar refractivity (Wildman–Crippen MR) is 107 cm³/mol. The predicted octanol–water partition coefficient (Wildman–Crippen LogP) is 4.57. The van der Waals surface area contributed by atoms with Crippen LogP contribution >= 0.6 is 31.9 Å². The van der Waals surface area contributed by atoms with Crippen LogP contribution in [0.25, 0.3) is 0 Å². The van der Waals surface area contributed by atoms with Crippen molar-refractivity contribution in [1.82, 2.24) is 9.88 Å². The van der Waals surface area contributed by atoms with Crippen molar-refractivity contribution in [2.45, 2.75) is 6.42 Å². The van der Waals surface area contributed by atoms with E-state index in [4.69, 9.17) is 9.47 Å². The van der Waals surface area contributed by atoms with E-state index >= 15 is 0 Å². The van der Waals surface area contributed by atoms with E-state index in [1.807, 2.05) is 18.3 Å². The molecule has 0 N–H and O–H groups in total. The number of ether oxygens (including phenoxy) is 2. The Balaban J connectivity index is 1.32. The summed E-state index contributed by atoms with van der Waals surface area (Å²) in [7, 11) is 0. The van der Waals surface area contributed by atoms with Crippen molar-refractivity contribution in [3.63, 3.8) is 0 Å². The van der Waals surface area contributed by atoms with Gasteiger partial charge in [0.2, 0.25) is 0 Å². The molecule has 4 heterocycles. The van der Waals surface area contributed by atoms with Crippen LogP contribution in [0.1, 0.15) is 6.42 Å². The fraction of sp³-hybridized carbons (Fsp3) is 0.421. The molecule has 7 heteroatoms. The fourth-order valence-corrected chi connectivity index (χ4v) is 4.68. The molecule has 2 fully saturated rings. The van der Waals surface area contributed by atoms with E-state index in [-0.39, 0.29) is 0 Å². The lowest BCUT2D eigenvalue weighted by Crippen LogP contribution is -2.65. The van der Waals surface area contributed by atoms with E-state index in [9.17, 15) is 0 Å². The van der Waals surface area contributed by atoms with Gasteiger partial charge in [-0.15, -0.1) is 0 Å². The SMILES string of the molecule is Brc1ccc2c(c1)Oc1cc(Br)cnc1N2CCCN1CC2(COC2)C1. The van der Waals surface area contributed by atoms with Crippen LogP contribution in [0.15, 0.2) is 39.4 Å². The number of aromatic nitrogens is 1. The minimum Gasteiger partial charge on any atom is -0.451 e. The summed E-state index contributed by atoms with van der Waals surface area (Å²) in [6, 6.07) is 8.14. The molecular formula is C19H19Br2N3O2. The summed E-state index contributed by atoms with van der Waals surface area (Å²) in [5, 5.41) is 0. The van der Waals surface area contributed by atoms with E-state index in [1.54, 1.807) is 0 Å². The zero-order valence-electron chi connectivity index (χ0n) is 14.3. The Morgan fingerprint density at radius 1 is 1.04 bits per heavy atom. The highest BCUT2D eigenvalue weighted by Gasteiger charge is 2.48. The third-order valence-corrected chi connectivity index (χ3v) is 6.21. The molecule has 0 atom stereocenters. The maximum absolute atomic E-state index is 6.09. The van der Waals surface area contributed by atoms with E-state index < -0.39 is 0 Å². The number of hydrogen-bond acceptors (Lipinski definition) is 5. The Morgan fingerprint density at radius 3 is 2.62 bits per heavy atom. The van der Waals surface area contributed by atoms with Gasteiger partial charge in [0, 0.05) is 46.3 Å². The monoisotopic (exact) mass is 479 g/mol. The van der Waals surface area contributed by atoms with Gasteiger partial charge < -0.3 is 19.3 Å². The van der Waals surface area contributed by atoms with Gasteiger partial charge in [0.05, 0.1) is 18.9 Å². The zero-order chi connectivity index (χ0) is 17.7. The second-order valence-electron chi connectivity index (χ2n) is 7.40. The van der Waals surface area contributed by atoms with E-state index in [1.165, 1.54) is 13.1 Å². The van der Waals surface area contributed by atoms with Crippen LogP contribution in [-0.2, 0) is 4.74 Å². The lowest BCUT2D eigenvalue weighted by atomic mass is 9.78. The van der Waals surface area contributed by atoms with Crippen molar-refractivity contribution in [2.24, 2.45) is 5.41 Å². The maximum Gasteiger partial charge on any atom is 0.176 e. The second-order valence-corrected chi connectivity index (χ2v) is 9.23. The Bertz CT molecular complexity index is 797. The first-order valence-electron chi connectivity index (χ1n) is 8.83. The number of benzene rings is 1. The lowest BCUT2D eigenvalue weighted by Gasteiger charge is -2.55. The number of nitrogens with zero attached hydrogens (tertiary/aromatic N) is 3. The first kappa shape index (κ1) is 17.0. The molecule has 0 amide bonds. The fourth-order valence-electron chi connectivity index (χ4n) is 4.03. The third-order valence-electron chi connectivity index (χ3n) is 5.28. The molecule has 0 bridgehead atoms. The second kappa shape index (κ2) is 6.48. The van der Waals surface area contributed by atoms with Crippen molar-refractivity contribution in [3.8, 4) is 11.5 Å². The summed E-state index contributed by atoms with van der Waals surface area (Å²) in [5.41, 5.74) is 1.56. The Hall–Kier alpha value is -1.15. The molecule has 26 heavy (non-hydrogen) atoms. The molecule has 0 saturated carbocycles. The van der Waals surface area contributed by atoms with Crippen LogP contribution in [0.2, 0.25) is 0 Å². The summed E-state index contributed by atoms with van der Waals surface area (Å²) in [6.45, 7) is 6.28. The summed E-state index contributed by atoms with van der Waals surface area (Å²) in [4.78, 5) is 9.41. The van der Waals surface area contributed by atoms with Gasteiger partial charge in [-0.1, -0.05) is 15.9 Å². The van der Waals surface area contributed by atoms with Gasteiger partial charge in [-0.2, -0.15) is 0 Å². The minimum absolute atomic E-state index is 0.484.